The lowest BCUT2D eigenvalue weighted by Crippen LogP contribution is -2.42. The average Bonchev–Trinajstić information content (AvgIpc) is 3.48. The zero-order valence-electron chi connectivity index (χ0n) is 22.3. The van der Waals surface area contributed by atoms with Crippen LogP contribution in [0.15, 0.2) is 30.5 Å². The molecular formula is C26H31F2N9O2. The lowest BCUT2D eigenvalue weighted by molar-refractivity contribution is 0.0186. The van der Waals surface area contributed by atoms with Crippen LogP contribution in [0.5, 0.6) is 0 Å². The summed E-state index contributed by atoms with van der Waals surface area (Å²) in [6.45, 7) is 8.54. The predicted octanol–water partition coefficient (Wildman–Crippen LogP) is 5.06. The van der Waals surface area contributed by atoms with Crippen LogP contribution >= 0.6 is 0 Å². The third-order valence-corrected chi connectivity index (χ3v) is 6.32. The molecule has 39 heavy (non-hydrogen) atoms. The van der Waals surface area contributed by atoms with Gasteiger partial charge in [-0.1, -0.05) is 6.07 Å². The molecule has 0 saturated carbocycles. The molecule has 0 bridgehead atoms. The minimum absolute atomic E-state index is 0.000965. The summed E-state index contributed by atoms with van der Waals surface area (Å²) in [6.07, 6.45) is 2.71. The summed E-state index contributed by atoms with van der Waals surface area (Å²) in [5.74, 6) is -0.00609. The predicted molar refractivity (Wildman–Crippen MR) is 142 cm³/mol. The van der Waals surface area contributed by atoms with Crippen molar-refractivity contribution in [2.75, 3.05) is 23.7 Å². The standard InChI is InChI=1S/C26H31F2N9O2/c1-15-11-21(35-34-15)31-22-19-14-30-37(18-7-9-36(10-8-18)25(38)39-26(2,3)4)23(19)33-24(32-22)29-13-16-5-6-17(27)12-20(16)28/h5-6,11-12,14,18H,7-10,13H2,1-4H3,(H3,29,31,32,33,34,35). The van der Waals surface area contributed by atoms with Crippen molar-refractivity contribution in [1.29, 1.82) is 0 Å². The molecule has 1 aliphatic rings. The maximum absolute atomic E-state index is 14.2. The van der Waals surface area contributed by atoms with Crippen molar-refractivity contribution in [2.45, 2.75) is 58.7 Å². The number of aromatic amines is 1. The van der Waals surface area contributed by atoms with E-state index in [4.69, 9.17) is 9.72 Å². The van der Waals surface area contributed by atoms with Crippen molar-refractivity contribution in [3.8, 4) is 0 Å². The maximum Gasteiger partial charge on any atom is 0.410 e. The number of benzene rings is 1. The van der Waals surface area contributed by atoms with Crippen molar-refractivity contribution < 1.29 is 18.3 Å². The number of fused-ring (bicyclic) bond motifs is 1. The fraction of sp³-hybridized carbons (Fsp3) is 0.423. The van der Waals surface area contributed by atoms with E-state index in [0.29, 0.717) is 48.6 Å². The zero-order valence-corrected chi connectivity index (χ0v) is 22.3. The molecule has 11 nitrogen and oxygen atoms in total. The van der Waals surface area contributed by atoms with Gasteiger partial charge in [-0.15, -0.1) is 0 Å². The lowest BCUT2D eigenvalue weighted by Gasteiger charge is -2.33. The smallest absolute Gasteiger partial charge is 0.410 e. The highest BCUT2D eigenvalue weighted by molar-refractivity contribution is 5.89. The number of rotatable bonds is 6. The van der Waals surface area contributed by atoms with Gasteiger partial charge in [0.2, 0.25) is 5.95 Å². The maximum atomic E-state index is 14.2. The summed E-state index contributed by atoms with van der Waals surface area (Å²) in [4.78, 5) is 23.5. The fourth-order valence-electron chi connectivity index (χ4n) is 4.43. The Morgan fingerprint density at radius 3 is 2.62 bits per heavy atom. The number of hydrogen-bond acceptors (Lipinski definition) is 8. The number of halogens is 2. The van der Waals surface area contributed by atoms with E-state index in [-0.39, 0.29) is 30.2 Å². The van der Waals surface area contributed by atoms with Gasteiger partial charge in [0.25, 0.3) is 0 Å². The Hall–Kier alpha value is -4.29. The molecule has 3 aromatic heterocycles. The molecule has 3 N–H and O–H groups in total. The first kappa shape index (κ1) is 26.3. The number of H-pyrrole nitrogens is 1. The van der Waals surface area contributed by atoms with Crippen molar-refractivity contribution in [3.63, 3.8) is 0 Å². The molecule has 5 rings (SSSR count). The van der Waals surface area contributed by atoms with Crippen LogP contribution in [-0.4, -0.2) is 59.6 Å². The SMILES string of the molecule is Cc1cc(Nc2nc(NCc3ccc(F)cc3F)nc3c2cnn3C2CCN(C(=O)OC(C)(C)C)CC2)n[nH]1. The van der Waals surface area contributed by atoms with Crippen LogP contribution in [0.4, 0.5) is 31.2 Å². The fourth-order valence-corrected chi connectivity index (χ4v) is 4.43. The Balaban J connectivity index is 1.41. The first-order valence-electron chi connectivity index (χ1n) is 12.8. The molecule has 1 aromatic carbocycles. The van der Waals surface area contributed by atoms with Gasteiger partial charge in [-0.25, -0.2) is 18.3 Å². The molecule has 13 heteroatoms. The number of piperidine rings is 1. The molecule has 4 aromatic rings. The van der Waals surface area contributed by atoms with Gasteiger partial charge in [0, 0.05) is 43.0 Å². The molecule has 0 radical (unpaired) electrons. The van der Waals surface area contributed by atoms with Gasteiger partial charge < -0.3 is 20.3 Å². The first-order valence-corrected chi connectivity index (χ1v) is 12.8. The number of likely N-dealkylation sites (tertiary alicyclic amines) is 1. The number of carbonyl (C=O) groups is 1. The van der Waals surface area contributed by atoms with E-state index in [1.807, 2.05) is 38.4 Å². The number of hydrogen-bond donors (Lipinski definition) is 3. The Morgan fingerprint density at radius 2 is 1.95 bits per heavy atom. The van der Waals surface area contributed by atoms with Gasteiger partial charge >= 0.3 is 6.09 Å². The number of carbonyl (C=O) groups excluding carboxylic acids is 1. The number of nitrogens with one attached hydrogen (secondary N) is 3. The molecule has 0 unspecified atom stereocenters. The Kier molecular flexibility index (Phi) is 7.06. The van der Waals surface area contributed by atoms with Crippen LogP contribution in [0.1, 0.15) is 50.9 Å². The molecule has 1 fully saturated rings. The van der Waals surface area contributed by atoms with E-state index in [0.717, 1.165) is 11.8 Å². The van der Waals surface area contributed by atoms with E-state index in [2.05, 4.69) is 30.9 Å². The normalized spacial score (nSPS) is 14.6. The Labute approximate surface area is 224 Å². The molecule has 1 saturated heterocycles. The van der Waals surface area contributed by atoms with Crippen LogP contribution in [0.25, 0.3) is 11.0 Å². The summed E-state index contributed by atoms with van der Waals surface area (Å²) >= 11 is 0. The van der Waals surface area contributed by atoms with E-state index in [1.165, 1.54) is 12.1 Å². The molecule has 1 aliphatic heterocycles. The highest BCUT2D eigenvalue weighted by Gasteiger charge is 2.29. The quantitative estimate of drug-likeness (QED) is 0.310. The van der Waals surface area contributed by atoms with E-state index in [9.17, 15) is 13.6 Å². The minimum Gasteiger partial charge on any atom is -0.444 e. The van der Waals surface area contributed by atoms with Crippen molar-refractivity contribution in [1.82, 2.24) is 34.8 Å². The van der Waals surface area contributed by atoms with Crippen molar-refractivity contribution in [2.24, 2.45) is 0 Å². The summed E-state index contributed by atoms with van der Waals surface area (Å²) in [6, 6.07) is 5.26. The van der Waals surface area contributed by atoms with E-state index in [1.54, 1.807) is 11.1 Å². The number of nitrogens with zero attached hydrogens (tertiary/aromatic N) is 6. The van der Waals surface area contributed by atoms with E-state index < -0.39 is 17.2 Å². The van der Waals surface area contributed by atoms with Crippen molar-refractivity contribution in [3.05, 3.63) is 53.4 Å². The Morgan fingerprint density at radius 1 is 1.18 bits per heavy atom. The Bertz CT molecular complexity index is 1490. The third kappa shape index (κ3) is 6.07. The topological polar surface area (TPSA) is 126 Å². The molecule has 4 heterocycles. The molecule has 0 aliphatic carbocycles. The first-order chi connectivity index (χ1) is 18.6. The molecular weight excluding hydrogens is 508 g/mol. The lowest BCUT2D eigenvalue weighted by atomic mass is 10.1. The van der Waals surface area contributed by atoms with Crippen molar-refractivity contribution >= 4 is 34.7 Å². The third-order valence-electron chi connectivity index (χ3n) is 6.32. The monoisotopic (exact) mass is 539 g/mol. The average molecular weight is 540 g/mol. The molecule has 1 amide bonds. The summed E-state index contributed by atoms with van der Waals surface area (Å²) in [5, 5.41) is 18.7. The van der Waals surface area contributed by atoms with Crippen LogP contribution in [0, 0.1) is 18.6 Å². The van der Waals surface area contributed by atoms with Crippen LogP contribution in [-0.2, 0) is 11.3 Å². The highest BCUT2D eigenvalue weighted by atomic mass is 19.1. The highest BCUT2D eigenvalue weighted by Crippen LogP contribution is 2.30. The second-order valence-electron chi connectivity index (χ2n) is 10.6. The van der Waals surface area contributed by atoms with Crippen LogP contribution < -0.4 is 10.6 Å². The summed E-state index contributed by atoms with van der Waals surface area (Å²) in [5.41, 5.74) is 1.18. The zero-order chi connectivity index (χ0) is 27.7. The molecule has 0 atom stereocenters. The van der Waals surface area contributed by atoms with Gasteiger partial charge in [0.1, 0.15) is 23.1 Å². The van der Waals surface area contributed by atoms with Gasteiger partial charge in [-0.3, -0.25) is 5.10 Å². The molecule has 0 spiro atoms. The van der Waals surface area contributed by atoms with Gasteiger partial charge in [0.15, 0.2) is 11.5 Å². The second kappa shape index (κ2) is 10.5. The van der Waals surface area contributed by atoms with Crippen LogP contribution in [0.2, 0.25) is 0 Å². The van der Waals surface area contributed by atoms with Gasteiger partial charge in [-0.05, 0) is 46.6 Å². The number of ether oxygens (including phenoxy) is 1. The van der Waals surface area contributed by atoms with Crippen LogP contribution in [0.3, 0.4) is 0 Å². The number of aromatic nitrogens is 6. The number of aryl methyl sites for hydroxylation is 1. The summed E-state index contributed by atoms with van der Waals surface area (Å²) in [7, 11) is 0. The number of anilines is 3. The second-order valence-corrected chi connectivity index (χ2v) is 10.6. The summed E-state index contributed by atoms with van der Waals surface area (Å²) < 4.78 is 34.9. The molecule has 206 valence electrons. The number of amides is 1. The minimum atomic E-state index is -0.657. The van der Waals surface area contributed by atoms with E-state index >= 15 is 0 Å². The largest absolute Gasteiger partial charge is 0.444 e. The van der Waals surface area contributed by atoms with Gasteiger partial charge in [-0.2, -0.15) is 20.2 Å². The van der Waals surface area contributed by atoms with Gasteiger partial charge in [0.05, 0.1) is 17.6 Å².